The standard InChI is InChI=1S/C16H17N3O4S/c1-10-4-7-14(23-3)15(8-10)24(21,22)18-11-5-6-13-12(9-11)17-16(20)19(13)2/h4-9,18H,1-3H3,(H,17,20). The summed E-state index contributed by atoms with van der Waals surface area (Å²) in [6, 6.07) is 9.80. The maximum atomic E-state index is 12.7. The van der Waals surface area contributed by atoms with Crippen LogP contribution in [-0.2, 0) is 17.1 Å². The number of aryl methyl sites for hydroxylation is 2. The van der Waals surface area contributed by atoms with E-state index in [9.17, 15) is 13.2 Å². The number of nitrogens with zero attached hydrogens (tertiary/aromatic N) is 1. The molecule has 3 rings (SSSR count). The number of benzene rings is 2. The normalized spacial score (nSPS) is 11.6. The van der Waals surface area contributed by atoms with Crippen LogP contribution < -0.4 is 15.1 Å². The Morgan fingerprint density at radius 1 is 1.17 bits per heavy atom. The van der Waals surface area contributed by atoms with Gasteiger partial charge in [0.1, 0.15) is 10.6 Å². The number of aromatic amines is 1. The second-order valence-corrected chi connectivity index (χ2v) is 7.13. The van der Waals surface area contributed by atoms with Gasteiger partial charge in [0, 0.05) is 7.05 Å². The highest BCUT2D eigenvalue weighted by Crippen LogP contribution is 2.27. The average Bonchev–Trinajstić information content (AvgIpc) is 2.81. The number of hydrogen-bond donors (Lipinski definition) is 2. The first-order chi connectivity index (χ1) is 11.3. The van der Waals surface area contributed by atoms with Gasteiger partial charge in [0.25, 0.3) is 10.0 Å². The minimum atomic E-state index is -3.82. The molecule has 1 heterocycles. The zero-order valence-corrected chi connectivity index (χ0v) is 14.3. The van der Waals surface area contributed by atoms with Gasteiger partial charge in [0.2, 0.25) is 0 Å². The first-order valence-electron chi connectivity index (χ1n) is 7.18. The van der Waals surface area contributed by atoms with Crippen LogP contribution in [0, 0.1) is 6.92 Å². The van der Waals surface area contributed by atoms with Gasteiger partial charge in [0.15, 0.2) is 0 Å². The van der Waals surface area contributed by atoms with E-state index in [0.717, 1.165) is 5.56 Å². The lowest BCUT2D eigenvalue weighted by molar-refractivity contribution is 0.402. The number of imidazole rings is 1. The number of H-pyrrole nitrogens is 1. The van der Waals surface area contributed by atoms with E-state index in [1.165, 1.54) is 11.7 Å². The zero-order chi connectivity index (χ0) is 17.5. The van der Waals surface area contributed by atoms with E-state index in [0.29, 0.717) is 16.7 Å². The number of rotatable bonds is 4. The van der Waals surface area contributed by atoms with Crippen LogP contribution >= 0.6 is 0 Å². The fourth-order valence-electron chi connectivity index (χ4n) is 2.50. The van der Waals surface area contributed by atoms with Crippen molar-refractivity contribution >= 4 is 26.7 Å². The molecular formula is C16H17N3O4S. The second kappa shape index (κ2) is 5.72. The molecule has 0 saturated heterocycles. The van der Waals surface area contributed by atoms with Gasteiger partial charge in [-0.2, -0.15) is 0 Å². The van der Waals surface area contributed by atoms with Gasteiger partial charge in [-0.3, -0.25) is 9.29 Å². The Kier molecular flexibility index (Phi) is 3.84. The molecule has 7 nitrogen and oxygen atoms in total. The van der Waals surface area contributed by atoms with Gasteiger partial charge < -0.3 is 9.72 Å². The first kappa shape index (κ1) is 16.1. The molecule has 126 valence electrons. The number of aromatic nitrogens is 2. The predicted octanol–water partition coefficient (Wildman–Crippen LogP) is 1.98. The molecule has 0 amide bonds. The fraction of sp³-hybridized carbons (Fsp3) is 0.188. The quantitative estimate of drug-likeness (QED) is 0.755. The van der Waals surface area contributed by atoms with Gasteiger partial charge in [-0.05, 0) is 42.8 Å². The number of ether oxygens (including phenoxy) is 1. The van der Waals surface area contributed by atoms with Gasteiger partial charge in [-0.25, -0.2) is 13.2 Å². The van der Waals surface area contributed by atoms with Crippen LogP contribution in [-0.4, -0.2) is 25.1 Å². The topological polar surface area (TPSA) is 93.2 Å². The van der Waals surface area contributed by atoms with Gasteiger partial charge >= 0.3 is 5.69 Å². The Balaban J connectivity index is 2.04. The van der Waals surface area contributed by atoms with E-state index in [2.05, 4.69) is 9.71 Å². The van der Waals surface area contributed by atoms with Crippen molar-refractivity contribution in [2.45, 2.75) is 11.8 Å². The van der Waals surface area contributed by atoms with Crippen LogP contribution in [0.25, 0.3) is 11.0 Å². The van der Waals surface area contributed by atoms with Crippen molar-refractivity contribution in [1.29, 1.82) is 0 Å². The summed E-state index contributed by atoms with van der Waals surface area (Å²) in [7, 11) is -0.762. The number of methoxy groups -OCH3 is 1. The summed E-state index contributed by atoms with van der Waals surface area (Å²) in [4.78, 5) is 14.4. The Morgan fingerprint density at radius 3 is 2.62 bits per heavy atom. The Morgan fingerprint density at radius 2 is 1.92 bits per heavy atom. The SMILES string of the molecule is COc1ccc(C)cc1S(=O)(=O)Nc1ccc2c(c1)[nH]c(=O)n2C. The molecule has 0 aliphatic heterocycles. The van der Waals surface area contributed by atoms with Crippen LogP contribution in [0.2, 0.25) is 0 Å². The van der Waals surface area contributed by atoms with Crippen molar-refractivity contribution < 1.29 is 13.2 Å². The number of nitrogens with one attached hydrogen (secondary N) is 2. The Labute approximate surface area is 138 Å². The lowest BCUT2D eigenvalue weighted by Gasteiger charge is -2.12. The molecule has 0 bridgehead atoms. The number of anilines is 1. The molecule has 0 radical (unpaired) electrons. The highest BCUT2D eigenvalue weighted by Gasteiger charge is 2.20. The largest absolute Gasteiger partial charge is 0.495 e. The van der Waals surface area contributed by atoms with E-state index in [1.54, 1.807) is 50.4 Å². The first-order valence-corrected chi connectivity index (χ1v) is 8.66. The molecule has 1 aromatic heterocycles. The second-order valence-electron chi connectivity index (χ2n) is 5.48. The highest BCUT2D eigenvalue weighted by molar-refractivity contribution is 7.92. The van der Waals surface area contributed by atoms with E-state index in [1.807, 2.05) is 0 Å². The molecule has 2 aromatic carbocycles. The van der Waals surface area contributed by atoms with Crippen LogP contribution in [0.5, 0.6) is 5.75 Å². The summed E-state index contributed by atoms with van der Waals surface area (Å²) in [5.41, 5.74) is 2.15. The molecule has 2 N–H and O–H groups in total. The van der Waals surface area contributed by atoms with Gasteiger partial charge in [-0.15, -0.1) is 0 Å². The Bertz CT molecular complexity index is 1080. The average molecular weight is 347 g/mol. The smallest absolute Gasteiger partial charge is 0.326 e. The molecule has 0 aliphatic rings. The number of hydrogen-bond acceptors (Lipinski definition) is 4. The van der Waals surface area contributed by atoms with Crippen molar-refractivity contribution in [3.05, 3.63) is 52.4 Å². The van der Waals surface area contributed by atoms with Gasteiger partial charge in [-0.1, -0.05) is 6.07 Å². The minimum absolute atomic E-state index is 0.0617. The van der Waals surface area contributed by atoms with Crippen LogP contribution in [0.4, 0.5) is 5.69 Å². The van der Waals surface area contributed by atoms with Crippen molar-refractivity contribution in [2.75, 3.05) is 11.8 Å². The molecule has 0 aliphatic carbocycles. The third-order valence-corrected chi connectivity index (χ3v) is 5.17. The molecule has 0 unspecified atom stereocenters. The summed E-state index contributed by atoms with van der Waals surface area (Å²) in [6.45, 7) is 1.80. The summed E-state index contributed by atoms with van der Waals surface area (Å²) in [5.74, 6) is 0.266. The summed E-state index contributed by atoms with van der Waals surface area (Å²) in [5, 5.41) is 0. The maximum absolute atomic E-state index is 12.7. The third kappa shape index (κ3) is 2.76. The van der Waals surface area contributed by atoms with Crippen molar-refractivity contribution in [3.8, 4) is 5.75 Å². The molecule has 8 heteroatoms. The van der Waals surface area contributed by atoms with Crippen molar-refractivity contribution in [1.82, 2.24) is 9.55 Å². The fourth-order valence-corrected chi connectivity index (χ4v) is 3.81. The molecule has 3 aromatic rings. The van der Waals surface area contributed by atoms with Crippen LogP contribution in [0.1, 0.15) is 5.56 Å². The molecular weight excluding hydrogens is 330 g/mol. The van der Waals surface area contributed by atoms with E-state index in [-0.39, 0.29) is 16.3 Å². The summed E-state index contributed by atoms with van der Waals surface area (Å²) < 4.78 is 34.5. The van der Waals surface area contributed by atoms with Crippen molar-refractivity contribution in [2.24, 2.45) is 7.05 Å². The summed E-state index contributed by atoms with van der Waals surface area (Å²) >= 11 is 0. The summed E-state index contributed by atoms with van der Waals surface area (Å²) in [6.07, 6.45) is 0. The highest BCUT2D eigenvalue weighted by atomic mass is 32.2. The number of sulfonamides is 1. The molecule has 24 heavy (non-hydrogen) atoms. The Hall–Kier alpha value is -2.74. The van der Waals surface area contributed by atoms with Gasteiger partial charge in [0.05, 0.1) is 23.8 Å². The van der Waals surface area contributed by atoms with E-state index >= 15 is 0 Å². The molecule has 0 saturated carbocycles. The molecule has 0 spiro atoms. The van der Waals surface area contributed by atoms with E-state index < -0.39 is 10.0 Å². The monoisotopic (exact) mass is 347 g/mol. The van der Waals surface area contributed by atoms with Crippen LogP contribution in [0.3, 0.4) is 0 Å². The van der Waals surface area contributed by atoms with Crippen LogP contribution in [0.15, 0.2) is 46.1 Å². The molecule has 0 atom stereocenters. The molecule has 0 fully saturated rings. The third-order valence-electron chi connectivity index (χ3n) is 3.77. The maximum Gasteiger partial charge on any atom is 0.326 e. The lowest BCUT2D eigenvalue weighted by atomic mass is 10.2. The minimum Gasteiger partial charge on any atom is -0.495 e. The number of fused-ring (bicyclic) bond motifs is 1. The lowest BCUT2D eigenvalue weighted by Crippen LogP contribution is -2.14. The zero-order valence-electron chi connectivity index (χ0n) is 13.5. The van der Waals surface area contributed by atoms with Crippen molar-refractivity contribution in [3.63, 3.8) is 0 Å². The van der Waals surface area contributed by atoms with E-state index in [4.69, 9.17) is 4.74 Å². The predicted molar refractivity (Wildman–Crippen MR) is 92.1 cm³/mol.